The predicted molar refractivity (Wildman–Crippen MR) is 119 cm³/mol. The maximum Gasteiger partial charge on any atom is 0.191 e. The largest absolute Gasteiger partial charge is 0.489 e. The first kappa shape index (κ1) is 25.0. The van der Waals surface area contributed by atoms with Crippen molar-refractivity contribution < 1.29 is 13.2 Å². The van der Waals surface area contributed by atoms with E-state index in [2.05, 4.69) is 22.5 Å². The molecule has 2 N–H and O–H groups in total. The molecule has 0 radical (unpaired) electrons. The lowest BCUT2D eigenvalue weighted by Crippen LogP contribution is -2.43. The van der Waals surface area contributed by atoms with Crippen LogP contribution < -0.4 is 15.4 Å². The van der Waals surface area contributed by atoms with Gasteiger partial charge >= 0.3 is 0 Å². The van der Waals surface area contributed by atoms with Crippen LogP contribution in [0, 0.1) is 0 Å². The Labute approximate surface area is 175 Å². The van der Waals surface area contributed by atoms with Crippen LogP contribution in [0.15, 0.2) is 35.3 Å². The van der Waals surface area contributed by atoms with Gasteiger partial charge in [0, 0.05) is 18.8 Å². The third kappa shape index (κ3) is 11.6. The molecule has 0 amide bonds. The Morgan fingerprint density at radius 2 is 1.88 bits per heavy atom. The highest BCUT2D eigenvalue weighted by Crippen LogP contribution is 2.12. The van der Waals surface area contributed by atoms with E-state index in [0.29, 0.717) is 18.9 Å². The van der Waals surface area contributed by atoms with Gasteiger partial charge in [0.25, 0.3) is 0 Å². The van der Waals surface area contributed by atoms with Gasteiger partial charge in [-0.05, 0) is 38.8 Å². The first-order chi connectivity index (χ1) is 11.8. The molecule has 0 heterocycles. The molecule has 8 heteroatoms. The normalized spacial score (nSPS) is 14.1. The number of nitrogens with zero attached hydrogens (tertiary/aromatic N) is 1. The number of benzene rings is 1. The van der Waals surface area contributed by atoms with Gasteiger partial charge in [0.2, 0.25) is 0 Å². The van der Waals surface area contributed by atoms with Gasteiger partial charge in [-0.2, -0.15) is 0 Å². The second-order valence-corrected chi connectivity index (χ2v) is 8.40. The topological polar surface area (TPSA) is 79.8 Å². The van der Waals surface area contributed by atoms with Crippen LogP contribution in [0.2, 0.25) is 0 Å². The average Bonchev–Trinajstić information content (AvgIpc) is 2.57. The Morgan fingerprint density at radius 1 is 1.23 bits per heavy atom. The summed E-state index contributed by atoms with van der Waals surface area (Å²) >= 11 is 0. The monoisotopic (exact) mass is 497 g/mol. The number of rotatable bonds is 10. The number of hydrogen-bond donors (Lipinski definition) is 2. The van der Waals surface area contributed by atoms with Crippen LogP contribution in [0.1, 0.15) is 33.6 Å². The minimum absolute atomic E-state index is 0. The molecule has 0 spiro atoms. The number of sulfone groups is 1. The molecule has 1 aromatic rings. The molecule has 150 valence electrons. The van der Waals surface area contributed by atoms with Gasteiger partial charge in [0.1, 0.15) is 21.7 Å². The van der Waals surface area contributed by atoms with E-state index in [1.54, 1.807) is 0 Å². The molecule has 0 aromatic heterocycles. The summed E-state index contributed by atoms with van der Waals surface area (Å²) in [6.45, 7) is 7.28. The van der Waals surface area contributed by atoms with E-state index in [4.69, 9.17) is 4.74 Å². The minimum Gasteiger partial charge on any atom is -0.489 e. The molecule has 0 saturated heterocycles. The van der Waals surface area contributed by atoms with E-state index in [1.165, 1.54) is 6.26 Å². The molecular weight excluding hydrogens is 465 g/mol. The van der Waals surface area contributed by atoms with Crippen LogP contribution in [-0.2, 0) is 9.84 Å². The highest BCUT2D eigenvalue weighted by Gasteiger charge is 2.11. The van der Waals surface area contributed by atoms with Crippen LogP contribution in [0.5, 0.6) is 5.75 Å². The summed E-state index contributed by atoms with van der Waals surface area (Å²) in [5.41, 5.74) is 0. The van der Waals surface area contributed by atoms with Gasteiger partial charge in [-0.25, -0.2) is 13.4 Å². The van der Waals surface area contributed by atoms with Crippen molar-refractivity contribution >= 4 is 39.8 Å². The Kier molecular flexibility index (Phi) is 12.7. The maximum atomic E-state index is 11.3. The molecule has 6 nitrogen and oxygen atoms in total. The summed E-state index contributed by atoms with van der Waals surface area (Å²) in [7, 11) is -2.95. The molecule has 0 aliphatic carbocycles. The second-order valence-electron chi connectivity index (χ2n) is 6.14. The molecule has 2 unspecified atom stereocenters. The van der Waals surface area contributed by atoms with E-state index < -0.39 is 9.84 Å². The van der Waals surface area contributed by atoms with Crippen LogP contribution in [-0.4, -0.2) is 51.6 Å². The average molecular weight is 497 g/mol. The fourth-order valence-corrected chi connectivity index (χ4v) is 2.93. The van der Waals surface area contributed by atoms with Crippen molar-refractivity contribution in [2.45, 2.75) is 45.8 Å². The van der Waals surface area contributed by atoms with Crippen molar-refractivity contribution in [3.05, 3.63) is 30.3 Å². The smallest absolute Gasteiger partial charge is 0.191 e. The van der Waals surface area contributed by atoms with E-state index in [1.807, 2.05) is 44.2 Å². The standard InChI is InChI=1S/C18H31N3O3S.HI/c1-5-16(24-17-10-8-7-9-11-17)14-20-18(19-6-2)21-15(3)12-13-25(4,22)23;/h7-11,15-16H,5-6,12-14H2,1-4H3,(H2,19,20,21);1H. The third-order valence-corrected chi connectivity index (χ3v) is 4.58. The van der Waals surface area contributed by atoms with Crippen molar-refractivity contribution in [2.24, 2.45) is 4.99 Å². The molecular formula is C18H32IN3O3S. The summed E-state index contributed by atoms with van der Waals surface area (Å²) in [5, 5.41) is 6.44. The lowest BCUT2D eigenvalue weighted by atomic mass is 10.2. The summed E-state index contributed by atoms with van der Waals surface area (Å²) in [4.78, 5) is 4.59. The SMILES string of the molecule is CCNC(=NCC(CC)Oc1ccccc1)NC(C)CCS(C)(=O)=O.I. The van der Waals surface area contributed by atoms with Gasteiger partial charge in [-0.15, -0.1) is 24.0 Å². The number of ether oxygens (including phenoxy) is 1. The molecule has 0 fully saturated rings. The first-order valence-corrected chi connectivity index (χ1v) is 10.8. The zero-order valence-electron chi connectivity index (χ0n) is 16.1. The minimum atomic E-state index is -2.95. The Morgan fingerprint density at radius 3 is 2.42 bits per heavy atom. The number of aliphatic imine (C=N–C) groups is 1. The molecule has 0 bridgehead atoms. The van der Waals surface area contributed by atoms with Crippen LogP contribution >= 0.6 is 24.0 Å². The molecule has 0 aliphatic heterocycles. The van der Waals surface area contributed by atoms with E-state index in [0.717, 1.165) is 18.7 Å². The number of para-hydroxylation sites is 1. The van der Waals surface area contributed by atoms with Crippen LogP contribution in [0.25, 0.3) is 0 Å². The maximum absolute atomic E-state index is 11.3. The zero-order chi connectivity index (χ0) is 18.7. The predicted octanol–water partition coefficient (Wildman–Crippen LogP) is 2.84. The number of guanidine groups is 1. The van der Waals surface area contributed by atoms with Gasteiger partial charge < -0.3 is 15.4 Å². The van der Waals surface area contributed by atoms with Gasteiger partial charge in [-0.1, -0.05) is 25.1 Å². The molecule has 2 atom stereocenters. The van der Waals surface area contributed by atoms with Crippen molar-refractivity contribution in [2.75, 3.05) is 25.1 Å². The lowest BCUT2D eigenvalue weighted by molar-refractivity contribution is 0.205. The van der Waals surface area contributed by atoms with E-state index in [-0.39, 0.29) is 41.9 Å². The third-order valence-electron chi connectivity index (χ3n) is 3.60. The quantitative estimate of drug-likeness (QED) is 0.295. The van der Waals surface area contributed by atoms with E-state index >= 15 is 0 Å². The highest BCUT2D eigenvalue weighted by molar-refractivity contribution is 14.0. The fraction of sp³-hybridized carbons (Fsp3) is 0.611. The number of nitrogens with one attached hydrogen (secondary N) is 2. The second kappa shape index (κ2) is 13.2. The molecule has 0 saturated carbocycles. The van der Waals surface area contributed by atoms with E-state index in [9.17, 15) is 8.42 Å². The van der Waals surface area contributed by atoms with Gasteiger partial charge in [-0.3, -0.25) is 0 Å². The Bertz CT molecular complexity index is 624. The van der Waals surface area contributed by atoms with Crippen molar-refractivity contribution in [3.8, 4) is 5.75 Å². The summed E-state index contributed by atoms with van der Waals surface area (Å²) in [6, 6.07) is 9.73. The van der Waals surface area contributed by atoms with Crippen molar-refractivity contribution in [1.29, 1.82) is 0 Å². The van der Waals surface area contributed by atoms with Gasteiger partial charge in [0.05, 0.1) is 12.3 Å². The summed E-state index contributed by atoms with van der Waals surface area (Å²) < 4.78 is 28.5. The van der Waals surface area contributed by atoms with Crippen molar-refractivity contribution in [1.82, 2.24) is 10.6 Å². The molecule has 0 aliphatic rings. The van der Waals surface area contributed by atoms with Crippen LogP contribution in [0.3, 0.4) is 0 Å². The Hall–Kier alpha value is -1.03. The summed E-state index contributed by atoms with van der Waals surface area (Å²) in [5.74, 6) is 1.68. The number of halogens is 1. The first-order valence-electron chi connectivity index (χ1n) is 8.78. The molecule has 26 heavy (non-hydrogen) atoms. The zero-order valence-corrected chi connectivity index (χ0v) is 19.2. The van der Waals surface area contributed by atoms with Gasteiger partial charge in [0.15, 0.2) is 5.96 Å². The molecule has 1 rings (SSSR count). The highest BCUT2D eigenvalue weighted by atomic mass is 127. The molecule has 1 aromatic carbocycles. The van der Waals surface area contributed by atoms with Crippen molar-refractivity contribution in [3.63, 3.8) is 0 Å². The lowest BCUT2D eigenvalue weighted by Gasteiger charge is -2.19. The Balaban J connectivity index is 0.00000625. The fourth-order valence-electron chi connectivity index (χ4n) is 2.15. The van der Waals surface area contributed by atoms with Crippen LogP contribution in [0.4, 0.5) is 0 Å². The summed E-state index contributed by atoms with van der Waals surface area (Å²) in [6.07, 6.45) is 2.64. The number of hydrogen-bond acceptors (Lipinski definition) is 4.